The first-order valence-electron chi connectivity index (χ1n) is 6.51. The van der Waals surface area contributed by atoms with Crippen molar-refractivity contribution in [3.05, 3.63) is 39.3 Å². The Kier molecular flexibility index (Phi) is 4.45. The molecule has 3 nitrogen and oxygen atoms in total. The second-order valence-electron chi connectivity index (χ2n) is 5.64. The molecular weight excluding hydrogens is 338 g/mol. The van der Waals surface area contributed by atoms with E-state index in [9.17, 15) is 0 Å². The van der Waals surface area contributed by atoms with Gasteiger partial charge in [0.05, 0.1) is 10.2 Å². The van der Waals surface area contributed by atoms with Crippen LogP contribution in [0.3, 0.4) is 0 Å². The van der Waals surface area contributed by atoms with E-state index >= 15 is 0 Å². The van der Waals surface area contributed by atoms with Gasteiger partial charge >= 0.3 is 0 Å². The monoisotopic (exact) mass is 353 g/mol. The van der Waals surface area contributed by atoms with Crippen molar-refractivity contribution in [3.8, 4) is 11.4 Å². The van der Waals surface area contributed by atoms with Crippen molar-refractivity contribution >= 4 is 27.5 Å². The summed E-state index contributed by atoms with van der Waals surface area (Å²) in [6.07, 6.45) is 4.49. The molecule has 0 unspecified atom stereocenters. The van der Waals surface area contributed by atoms with Gasteiger partial charge in [-0.1, -0.05) is 39.3 Å². The minimum absolute atomic E-state index is 0.112. The highest BCUT2D eigenvalue weighted by molar-refractivity contribution is 9.10. The molecule has 0 amide bonds. The van der Waals surface area contributed by atoms with Gasteiger partial charge in [0.1, 0.15) is 5.15 Å². The van der Waals surface area contributed by atoms with Crippen molar-refractivity contribution in [1.82, 2.24) is 15.0 Å². The summed E-state index contributed by atoms with van der Waals surface area (Å²) in [6.45, 7) is 8.40. The third kappa shape index (κ3) is 3.01. The van der Waals surface area contributed by atoms with Crippen LogP contribution in [0.4, 0.5) is 0 Å². The van der Waals surface area contributed by atoms with Gasteiger partial charge in [-0.25, -0.2) is 9.97 Å². The summed E-state index contributed by atoms with van der Waals surface area (Å²) in [6, 6.07) is 1.94. The molecule has 0 aliphatic rings. The number of aryl methyl sites for hydroxylation is 1. The molecule has 0 N–H and O–H groups in total. The number of hydrogen-bond donors (Lipinski definition) is 0. The van der Waals surface area contributed by atoms with Crippen LogP contribution in [0.15, 0.2) is 22.9 Å². The molecule has 106 valence electrons. The maximum absolute atomic E-state index is 6.26. The first-order chi connectivity index (χ1) is 9.34. The lowest BCUT2D eigenvalue weighted by molar-refractivity contribution is 0.564. The second-order valence-corrected chi connectivity index (χ2v) is 6.79. The van der Waals surface area contributed by atoms with Crippen LogP contribution in [-0.4, -0.2) is 15.0 Å². The molecule has 5 heteroatoms. The van der Waals surface area contributed by atoms with Gasteiger partial charge in [0, 0.05) is 23.4 Å². The van der Waals surface area contributed by atoms with Crippen LogP contribution in [0.5, 0.6) is 0 Å². The van der Waals surface area contributed by atoms with Gasteiger partial charge in [-0.15, -0.1) is 0 Å². The Morgan fingerprint density at radius 1 is 1.25 bits per heavy atom. The van der Waals surface area contributed by atoms with Crippen molar-refractivity contribution in [2.75, 3.05) is 0 Å². The van der Waals surface area contributed by atoms with Gasteiger partial charge in [-0.2, -0.15) is 0 Å². The van der Waals surface area contributed by atoms with Gasteiger partial charge in [0.2, 0.25) is 0 Å². The average Bonchev–Trinajstić information content (AvgIpc) is 2.40. The van der Waals surface area contributed by atoms with Crippen molar-refractivity contribution in [2.24, 2.45) is 0 Å². The average molecular weight is 355 g/mol. The Labute approximate surface area is 133 Å². The Morgan fingerprint density at radius 2 is 1.95 bits per heavy atom. The second kappa shape index (κ2) is 5.78. The lowest BCUT2D eigenvalue weighted by Crippen LogP contribution is -2.16. The van der Waals surface area contributed by atoms with Crippen LogP contribution in [0, 0.1) is 0 Å². The lowest BCUT2D eigenvalue weighted by atomic mass is 9.92. The minimum Gasteiger partial charge on any atom is -0.264 e. The summed E-state index contributed by atoms with van der Waals surface area (Å²) in [7, 11) is 0. The van der Waals surface area contributed by atoms with Crippen LogP contribution in [0.25, 0.3) is 11.4 Å². The Balaban J connectivity index is 2.67. The summed E-state index contributed by atoms with van der Waals surface area (Å²) in [5, 5.41) is 0.443. The molecule has 0 atom stereocenters. The van der Waals surface area contributed by atoms with Gasteiger partial charge < -0.3 is 0 Å². The molecule has 2 rings (SSSR count). The molecular formula is C15H17BrClN3. The molecule has 0 saturated carbocycles. The first-order valence-corrected chi connectivity index (χ1v) is 7.68. The molecule has 0 bridgehead atoms. The fraction of sp³-hybridized carbons (Fsp3) is 0.400. The molecule has 2 heterocycles. The molecule has 0 aromatic carbocycles. The van der Waals surface area contributed by atoms with E-state index in [2.05, 4.69) is 53.6 Å². The third-order valence-corrected chi connectivity index (χ3v) is 4.30. The SMILES string of the molecule is CCc1cnccc1-c1nc(Cl)c(Br)c(C(C)(C)C)n1. The maximum atomic E-state index is 6.26. The number of halogens is 2. The Morgan fingerprint density at radius 3 is 2.55 bits per heavy atom. The zero-order chi connectivity index (χ0) is 14.9. The molecule has 0 aliphatic carbocycles. The molecule has 20 heavy (non-hydrogen) atoms. The number of pyridine rings is 1. The van der Waals surface area contributed by atoms with E-state index in [4.69, 9.17) is 16.6 Å². The van der Waals surface area contributed by atoms with E-state index in [0.29, 0.717) is 11.0 Å². The van der Waals surface area contributed by atoms with Gasteiger partial charge in [0.25, 0.3) is 0 Å². The molecule has 0 radical (unpaired) electrons. The number of rotatable bonds is 2. The van der Waals surface area contributed by atoms with Crippen LogP contribution >= 0.6 is 27.5 Å². The normalized spacial score (nSPS) is 11.7. The smallest absolute Gasteiger partial charge is 0.161 e. The van der Waals surface area contributed by atoms with E-state index in [1.807, 2.05) is 12.3 Å². The van der Waals surface area contributed by atoms with E-state index in [0.717, 1.165) is 27.7 Å². The van der Waals surface area contributed by atoms with Gasteiger partial charge in [-0.3, -0.25) is 4.98 Å². The number of aromatic nitrogens is 3. The van der Waals surface area contributed by atoms with E-state index in [1.54, 1.807) is 6.20 Å². The third-order valence-electron chi connectivity index (χ3n) is 3.05. The standard InChI is InChI=1S/C15H17BrClN3/c1-5-9-8-18-7-6-10(9)14-19-12(15(2,3)4)11(16)13(17)20-14/h6-8H,5H2,1-4H3. The summed E-state index contributed by atoms with van der Waals surface area (Å²) in [5.74, 6) is 0.655. The summed E-state index contributed by atoms with van der Waals surface area (Å²) in [4.78, 5) is 13.3. The molecule has 0 spiro atoms. The van der Waals surface area contributed by atoms with Crippen LogP contribution in [0.1, 0.15) is 39.0 Å². The van der Waals surface area contributed by atoms with E-state index in [1.165, 1.54) is 0 Å². The predicted octanol–water partition coefficient (Wildman–Crippen LogP) is 4.81. The highest BCUT2D eigenvalue weighted by Crippen LogP contribution is 2.34. The zero-order valence-corrected chi connectivity index (χ0v) is 14.4. The van der Waals surface area contributed by atoms with Crippen molar-refractivity contribution in [2.45, 2.75) is 39.5 Å². The van der Waals surface area contributed by atoms with Crippen molar-refractivity contribution < 1.29 is 0 Å². The van der Waals surface area contributed by atoms with Crippen LogP contribution in [-0.2, 0) is 11.8 Å². The molecule has 0 aliphatic heterocycles. The van der Waals surface area contributed by atoms with E-state index in [-0.39, 0.29) is 5.41 Å². The Bertz CT molecular complexity index is 636. The first kappa shape index (κ1) is 15.4. The minimum atomic E-state index is -0.112. The zero-order valence-electron chi connectivity index (χ0n) is 12.0. The molecule has 2 aromatic rings. The lowest BCUT2D eigenvalue weighted by Gasteiger charge is -2.21. The topological polar surface area (TPSA) is 38.7 Å². The fourth-order valence-corrected chi connectivity index (χ4v) is 2.91. The Hall–Kier alpha value is -1.00. The quantitative estimate of drug-likeness (QED) is 0.726. The van der Waals surface area contributed by atoms with Crippen molar-refractivity contribution in [3.63, 3.8) is 0 Å². The number of nitrogens with zero attached hydrogens (tertiary/aromatic N) is 3. The van der Waals surface area contributed by atoms with Gasteiger partial charge in [0.15, 0.2) is 5.82 Å². The largest absolute Gasteiger partial charge is 0.264 e. The van der Waals surface area contributed by atoms with E-state index < -0.39 is 0 Å². The highest BCUT2D eigenvalue weighted by Gasteiger charge is 2.23. The summed E-state index contributed by atoms with van der Waals surface area (Å²) >= 11 is 9.75. The highest BCUT2D eigenvalue weighted by atomic mass is 79.9. The molecule has 2 aromatic heterocycles. The van der Waals surface area contributed by atoms with Crippen LogP contribution < -0.4 is 0 Å². The molecule has 0 saturated heterocycles. The van der Waals surface area contributed by atoms with Crippen LogP contribution in [0.2, 0.25) is 5.15 Å². The maximum Gasteiger partial charge on any atom is 0.161 e. The summed E-state index contributed by atoms with van der Waals surface area (Å²) in [5.41, 5.74) is 2.90. The number of hydrogen-bond acceptors (Lipinski definition) is 3. The molecule has 0 fully saturated rings. The van der Waals surface area contributed by atoms with Gasteiger partial charge in [-0.05, 0) is 34.0 Å². The van der Waals surface area contributed by atoms with Crippen molar-refractivity contribution in [1.29, 1.82) is 0 Å². The predicted molar refractivity (Wildman–Crippen MR) is 86.1 cm³/mol. The fourth-order valence-electron chi connectivity index (χ4n) is 1.96. The summed E-state index contributed by atoms with van der Waals surface area (Å²) < 4.78 is 0.766.